The van der Waals surface area contributed by atoms with Crippen molar-refractivity contribution in [2.45, 2.75) is 30.8 Å². The molecular weight excluding hydrogens is 438 g/mol. The maximum atomic E-state index is 13.1. The Kier molecular flexibility index (Phi) is 6.66. The van der Waals surface area contributed by atoms with Crippen LogP contribution in [0.5, 0.6) is 11.5 Å². The highest BCUT2D eigenvalue weighted by atomic mass is 19.4. The van der Waals surface area contributed by atoms with Gasteiger partial charge in [-0.3, -0.25) is 0 Å². The van der Waals surface area contributed by atoms with Crippen LogP contribution in [0.1, 0.15) is 5.56 Å². The molecule has 0 aliphatic heterocycles. The van der Waals surface area contributed by atoms with Gasteiger partial charge < -0.3 is 14.2 Å². The van der Waals surface area contributed by atoms with Crippen molar-refractivity contribution in [2.24, 2.45) is 0 Å². The number of benzene rings is 1. The molecule has 1 aromatic rings. The van der Waals surface area contributed by atoms with E-state index in [4.69, 9.17) is 0 Å². The summed E-state index contributed by atoms with van der Waals surface area (Å²) < 4.78 is 137. The lowest BCUT2D eigenvalue weighted by atomic mass is 10.1. The summed E-state index contributed by atoms with van der Waals surface area (Å²) in [6.45, 7) is -1.37. The largest absolute Gasteiger partial charge is 0.493 e. The van der Waals surface area contributed by atoms with Crippen molar-refractivity contribution in [2.75, 3.05) is 7.11 Å². The molecule has 0 saturated carbocycles. The van der Waals surface area contributed by atoms with Gasteiger partial charge >= 0.3 is 36.1 Å². The number of halogens is 10. The van der Waals surface area contributed by atoms with Gasteiger partial charge in [-0.2, -0.15) is 43.9 Å². The summed E-state index contributed by atoms with van der Waals surface area (Å²) in [6.07, 6.45) is -12.2. The Balaban J connectivity index is 3.01. The Morgan fingerprint density at radius 1 is 0.862 bits per heavy atom. The number of alkyl halides is 10. The number of hydrogen-bond donors (Lipinski definition) is 0. The molecule has 0 radical (unpaired) electrons. The van der Waals surface area contributed by atoms with Gasteiger partial charge in [0.15, 0.2) is 11.5 Å². The molecule has 0 unspecified atom stereocenters. The number of carbonyl (C=O) groups is 2. The maximum absolute atomic E-state index is 13.1. The average Bonchev–Trinajstić information content (AvgIpc) is 2.57. The van der Waals surface area contributed by atoms with E-state index in [9.17, 15) is 53.5 Å². The molecule has 0 aliphatic carbocycles. The Hall–Kier alpha value is -2.74. The van der Waals surface area contributed by atoms with E-state index in [1.54, 1.807) is 0 Å². The van der Waals surface area contributed by atoms with Gasteiger partial charge in [-0.05, 0) is 17.7 Å². The summed E-state index contributed by atoms with van der Waals surface area (Å²) in [6, 6.07) is 2.21. The second-order valence-electron chi connectivity index (χ2n) is 5.10. The van der Waals surface area contributed by atoms with Crippen LogP contribution in [0.3, 0.4) is 0 Å². The third-order valence-corrected chi connectivity index (χ3v) is 3.04. The third-order valence-electron chi connectivity index (χ3n) is 3.04. The van der Waals surface area contributed by atoms with Crippen molar-refractivity contribution in [1.82, 2.24) is 0 Å². The third kappa shape index (κ3) is 5.20. The number of rotatable bonds is 6. The molecule has 0 heterocycles. The van der Waals surface area contributed by atoms with Crippen LogP contribution in [0.25, 0.3) is 0 Å². The van der Waals surface area contributed by atoms with Crippen molar-refractivity contribution in [3.63, 3.8) is 0 Å². The van der Waals surface area contributed by atoms with Crippen molar-refractivity contribution in [1.29, 1.82) is 0 Å². The van der Waals surface area contributed by atoms with E-state index in [0.717, 1.165) is 19.2 Å². The average molecular weight is 446 g/mol. The Labute approximate surface area is 154 Å². The molecule has 0 amide bonds. The zero-order valence-electron chi connectivity index (χ0n) is 13.8. The Morgan fingerprint density at radius 2 is 1.41 bits per heavy atom. The van der Waals surface area contributed by atoms with E-state index in [1.807, 2.05) is 0 Å². The van der Waals surface area contributed by atoms with Crippen LogP contribution in [-0.2, 0) is 20.9 Å². The fourth-order valence-electron chi connectivity index (χ4n) is 1.59. The standard InChI is InChI=1S/C14H8F10O5/c1-27-7-3-2-6(4-8(7)29-10(26)12(17,18)19)5-28-9(25)11(15,16)13(20,21)14(22,23)24/h2-4H,5H2,1H3. The summed E-state index contributed by atoms with van der Waals surface area (Å²) >= 11 is 0. The van der Waals surface area contributed by atoms with E-state index in [1.165, 1.54) is 0 Å². The van der Waals surface area contributed by atoms with Crippen LogP contribution in [0.15, 0.2) is 18.2 Å². The number of carbonyl (C=O) groups excluding carboxylic acids is 2. The highest BCUT2D eigenvalue weighted by molar-refractivity contribution is 5.79. The minimum atomic E-state index is -6.77. The van der Waals surface area contributed by atoms with Gasteiger partial charge in [0, 0.05) is 0 Å². The van der Waals surface area contributed by atoms with Gasteiger partial charge in [-0.25, -0.2) is 9.59 Å². The molecule has 29 heavy (non-hydrogen) atoms. The summed E-state index contributed by atoms with van der Waals surface area (Å²) in [7, 11) is 0.944. The minimum Gasteiger partial charge on any atom is -0.493 e. The Morgan fingerprint density at radius 3 is 1.86 bits per heavy atom. The number of ether oxygens (including phenoxy) is 3. The predicted molar refractivity (Wildman–Crippen MR) is 70.4 cm³/mol. The lowest BCUT2D eigenvalue weighted by Crippen LogP contribution is -2.56. The molecule has 0 saturated heterocycles. The van der Waals surface area contributed by atoms with Gasteiger partial charge in [-0.15, -0.1) is 0 Å². The first-order chi connectivity index (χ1) is 12.9. The van der Waals surface area contributed by atoms with E-state index in [2.05, 4.69) is 14.2 Å². The summed E-state index contributed by atoms with van der Waals surface area (Å²) in [5, 5.41) is 0. The lowest BCUT2D eigenvalue weighted by Gasteiger charge is -2.26. The van der Waals surface area contributed by atoms with Crippen LogP contribution >= 0.6 is 0 Å². The predicted octanol–water partition coefficient (Wildman–Crippen LogP) is 4.04. The molecule has 0 bridgehead atoms. The smallest absolute Gasteiger partial charge is 0.491 e. The first-order valence-electron chi connectivity index (χ1n) is 6.90. The number of esters is 2. The highest BCUT2D eigenvalue weighted by Gasteiger charge is 2.77. The summed E-state index contributed by atoms with van der Waals surface area (Å²) in [5.74, 6) is -20.4. The lowest BCUT2D eigenvalue weighted by molar-refractivity contribution is -0.348. The van der Waals surface area contributed by atoms with E-state index in [-0.39, 0.29) is 0 Å². The van der Waals surface area contributed by atoms with Gasteiger partial charge in [0.1, 0.15) is 6.61 Å². The fourth-order valence-corrected chi connectivity index (χ4v) is 1.59. The molecule has 15 heteroatoms. The van der Waals surface area contributed by atoms with Crippen molar-refractivity contribution in [3.05, 3.63) is 23.8 Å². The monoisotopic (exact) mass is 446 g/mol. The summed E-state index contributed by atoms with van der Waals surface area (Å²) in [4.78, 5) is 21.9. The number of methoxy groups -OCH3 is 1. The van der Waals surface area contributed by atoms with E-state index >= 15 is 0 Å². The molecule has 1 aromatic carbocycles. The van der Waals surface area contributed by atoms with E-state index in [0.29, 0.717) is 6.07 Å². The Bertz CT molecular complexity index is 769. The van der Waals surface area contributed by atoms with Gasteiger partial charge in [-0.1, -0.05) is 6.07 Å². The van der Waals surface area contributed by atoms with Crippen molar-refractivity contribution >= 4 is 11.9 Å². The van der Waals surface area contributed by atoms with E-state index < -0.39 is 59.8 Å². The summed E-state index contributed by atoms with van der Waals surface area (Å²) in [5.41, 5.74) is -0.504. The molecular formula is C14H8F10O5. The fraction of sp³-hybridized carbons (Fsp3) is 0.429. The molecule has 0 atom stereocenters. The first kappa shape index (κ1) is 24.3. The van der Waals surface area contributed by atoms with Crippen LogP contribution < -0.4 is 9.47 Å². The normalized spacial score (nSPS) is 13.1. The van der Waals surface area contributed by atoms with Gasteiger partial charge in [0.25, 0.3) is 0 Å². The SMILES string of the molecule is COc1ccc(COC(=O)C(F)(F)C(F)(F)C(F)(F)F)cc1OC(=O)C(F)(F)F. The molecule has 0 N–H and O–H groups in total. The molecule has 1 rings (SSSR count). The van der Waals surface area contributed by atoms with Crippen LogP contribution in [-0.4, -0.2) is 43.2 Å². The zero-order chi connectivity index (χ0) is 22.8. The van der Waals surface area contributed by atoms with Gasteiger partial charge in [0.05, 0.1) is 7.11 Å². The van der Waals surface area contributed by atoms with Crippen molar-refractivity contribution in [3.8, 4) is 11.5 Å². The second kappa shape index (κ2) is 7.94. The zero-order valence-corrected chi connectivity index (χ0v) is 13.8. The first-order valence-corrected chi connectivity index (χ1v) is 6.90. The molecule has 0 fully saturated rings. The second-order valence-corrected chi connectivity index (χ2v) is 5.10. The maximum Gasteiger partial charge on any atom is 0.491 e. The molecule has 0 spiro atoms. The molecule has 164 valence electrons. The van der Waals surface area contributed by atoms with Crippen LogP contribution in [0.4, 0.5) is 43.9 Å². The molecule has 5 nitrogen and oxygen atoms in total. The van der Waals surface area contributed by atoms with Crippen LogP contribution in [0.2, 0.25) is 0 Å². The van der Waals surface area contributed by atoms with Crippen LogP contribution in [0, 0.1) is 0 Å². The molecule has 0 aromatic heterocycles. The quantitative estimate of drug-likeness (QED) is 0.375. The molecule has 0 aliphatic rings. The minimum absolute atomic E-state index is 0.466. The highest BCUT2D eigenvalue weighted by Crippen LogP contribution is 2.47. The van der Waals surface area contributed by atoms with Gasteiger partial charge in [0.2, 0.25) is 0 Å². The number of hydrogen-bond acceptors (Lipinski definition) is 5. The topological polar surface area (TPSA) is 61.8 Å². The van der Waals surface area contributed by atoms with Crippen molar-refractivity contribution < 1.29 is 67.7 Å².